The molecule has 7 nitrogen and oxygen atoms in total. The molecule has 0 saturated carbocycles. The number of benzene rings is 1. The van der Waals surface area contributed by atoms with Crippen LogP contribution < -0.4 is 19.9 Å². The number of methoxy groups -OCH3 is 2. The lowest BCUT2D eigenvalue weighted by Gasteiger charge is -2.27. The van der Waals surface area contributed by atoms with E-state index in [1.54, 1.807) is 18.2 Å². The molecule has 0 aliphatic carbocycles. The third-order valence-electron chi connectivity index (χ3n) is 4.47. The van der Waals surface area contributed by atoms with Gasteiger partial charge in [0.2, 0.25) is 5.91 Å². The Morgan fingerprint density at radius 2 is 1.65 bits per heavy atom. The monoisotopic (exact) mass is 320 g/mol. The van der Waals surface area contributed by atoms with Crippen molar-refractivity contribution in [3.05, 3.63) is 18.2 Å². The fourth-order valence-electron chi connectivity index (χ4n) is 3.42. The van der Waals surface area contributed by atoms with Crippen LogP contribution in [0.25, 0.3) is 0 Å². The second-order valence-corrected chi connectivity index (χ2v) is 5.75. The van der Waals surface area contributed by atoms with Crippen LogP contribution in [0.2, 0.25) is 0 Å². The molecule has 3 rings (SSSR count). The van der Waals surface area contributed by atoms with Crippen molar-refractivity contribution >= 4 is 17.6 Å². The number of hydrogen-bond donors (Lipinski definition) is 1. The first-order valence-electron chi connectivity index (χ1n) is 7.43. The highest BCUT2D eigenvalue weighted by atomic mass is 16.5. The number of amides is 1. The molecule has 1 N–H and O–H groups in total. The van der Waals surface area contributed by atoms with Crippen LogP contribution in [0, 0.1) is 11.8 Å². The van der Waals surface area contributed by atoms with Crippen LogP contribution in [-0.4, -0.2) is 38.3 Å². The number of carboxylic acids is 1. The van der Waals surface area contributed by atoms with Crippen molar-refractivity contribution in [1.82, 2.24) is 0 Å². The van der Waals surface area contributed by atoms with E-state index >= 15 is 0 Å². The molecule has 1 amide bonds. The standard InChI is InChI=1S/C16H19NO6/c1-21-9-5-8(6-10(7-9)22-2)17-15(18)13-11-3-4-12(23-11)14(13)16(19)20/h5-7,11-14H,3-4H2,1-2H3,(H,17,18)(H,19,20)/p-1/t11-,12+,13-,14+/m1/s1. The molecule has 2 aliphatic rings. The van der Waals surface area contributed by atoms with E-state index in [1.807, 2.05) is 0 Å². The lowest BCUT2D eigenvalue weighted by atomic mass is 9.78. The molecule has 2 bridgehead atoms. The molecular weight excluding hydrogens is 302 g/mol. The third kappa shape index (κ3) is 2.84. The van der Waals surface area contributed by atoms with Crippen molar-refractivity contribution in [1.29, 1.82) is 0 Å². The highest BCUT2D eigenvalue weighted by Gasteiger charge is 2.52. The number of rotatable bonds is 5. The number of anilines is 1. The van der Waals surface area contributed by atoms with Crippen LogP contribution in [-0.2, 0) is 14.3 Å². The largest absolute Gasteiger partial charge is 0.550 e. The van der Waals surface area contributed by atoms with Crippen molar-refractivity contribution in [3.8, 4) is 11.5 Å². The van der Waals surface area contributed by atoms with Crippen LogP contribution in [0.5, 0.6) is 11.5 Å². The van der Waals surface area contributed by atoms with E-state index in [4.69, 9.17) is 14.2 Å². The van der Waals surface area contributed by atoms with Gasteiger partial charge in [0.25, 0.3) is 0 Å². The van der Waals surface area contributed by atoms with Gasteiger partial charge in [-0.25, -0.2) is 0 Å². The maximum atomic E-state index is 12.6. The fourth-order valence-corrected chi connectivity index (χ4v) is 3.42. The first kappa shape index (κ1) is 15.6. The summed E-state index contributed by atoms with van der Waals surface area (Å²) < 4.78 is 15.9. The molecule has 4 atom stereocenters. The fraction of sp³-hybridized carbons (Fsp3) is 0.500. The zero-order valence-electron chi connectivity index (χ0n) is 12.9. The highest BCUT2D eigenvalue weighted by Crippen LogP contribution is 2.43. The topological polar surface area (TPSA) is 96.9 Å². The maximum absolute atomic E-state index is 12.6. The maximum Gasteiger partial charge on any atom is 0.230 e. The summed E-state index contributed by atoms with van der Waals surface area (Å²) in [6.45, 7) is 0. The summed E-state index contributed by atoms with van der Waals surface area (Å²) in [4.78, 5) is 23.9. The van der Waals surface area contributed by atoms with Gasteiger partial charge in [-0.2, -0.15) is 0 Å². The average Bonchev–Trinajstić information content (AvgIpc) is 3.15. The van der Waals surface area contributed by atoms with Crippen LogP contribution in [0.1, 0.15) is 12.8 Å². The van der Waals surface area contributed by atoms with E-state index in [-0.39, 0.29) is 12.0 Å². The summed E-state index contributed by atoms with van der Waals surface area (Å²) in [6.07, 6.45) is 0.546. The Morgan fingerprint density at radius 3 is 2.17 bits per heavy atom. The summed E-state index contributed by atoms with van der Waals surface area (Å²) >= 11 is 0. The van der Waals surface area contributed by atoms with Gasteiger partial charge in [0, 0.05) is 35.8 Å². The quantitative estimate of drug-likeness (QED) is 0.831. The van der Waals surface area contributed by atoms with Crippen molar-refractivity contribution in [2.45, 2.75) is 25.0 Å². The molecule has 2 heterocycles. The van der Waals surface area contributed by atoms with Crippen molar-refractivity contribution in [2.24, 2.45) is 11.8 Å². The molecule has 2 fully saturated rings. The van der Waals surface area contributed by atoms with Crippen LogP contribution in [0.15, 0.2) is 18.2 Å². The molecule has 2 saturated heterocycles. The van der Waals surface area contributed by atoms with E-state index in [2.05, 4.69) is 5.32 Å². The number of carboxylic acid groups (broad SMARTS) is 1. The number of hydrogen-bond acceptors (Lipinski definition) is 6. The van der Waals surface area contributed by atoms with E-state index < -0.39 is 23.9 Å². The van der Waals surface area contributed by atoms with Gasteiger partial charge in [-0.15, -0.1) is 0 Å². The zero-order chi connectivity index (χ0) is 16.6. The second kappa shape index (κ2) is 6.08. The molecule has 0 aromatic heterocycles. The van der Waals surface area contributed by atoms with Gasteiger partial charge in [-0.3, -0.25) is 4.79 Å². The second-order valence-electron chi connectivity index (χ2n) is 5.75. The van der Waals surface area contributed by atoms with Crippen LogP contribution in [0.3, 0.4) is 0 Å². The smallest absolute Gasteiger partial charge is 0.230 e. The Bertz CT molecular complexity index is 609. The Morgan fingerprint density at radius 1 is 1.09 bits per heavy atom. The number of carbonyl (C=O) groups is 2. The van der Waals surface area contributed by atoms with Gasteiger partial charge in [0.1, 0.15) is 11.5 Å². The molecule has 23 heavy (non-hydrogen) atoms. The van der Waals surface area contributed by atoms with Gasteiger partial charge >= 0.3 is 0 Å². The number of aliphatic carboxylic acids is 1. The summed E-state index contributed by atoms with van der Waals surface area (Å²) in [5.74, 6) is -2.21. The number of ether oxygens (including phenoxy) is 3. The zero-order valence-corrected chi connectivity index (χ0v) is 12.9. The van der Waals surface area contributed by atoms with Gasteiger partial charge in [0.15, 0.2) is 0 Å². The minimum absolute atomic E-state index is 0.365. The minimum Gasteiger partial charge on any atom is -0.550 e. The molecule has 2 aliphatic heterocycles. The lowest BCUT2D eigenvalue weighted by molar-refractivity contribution is -0.313. The molecule has 0 spiro atoms. The normalized spacial score (nSPS) is 28.4. The Hall–Kier alpha value is -2.28. The van der Waals surface area contributed by atoms with Crippen LogP contribution in [0.4, 0.5) is 5.69 Å². The van der Waals surface area contributed by atoms with Crippen molar-refractivity contribution in [3.63, 3.8) is 0 Å². The first-order chi connectivity index (χ1) is 11.0. The predicted molar refractivity (Wildman–Crippen MR) is 78.1 cm³/mol. The minimum atomic E-state index is -1.24. The number of carbonyl (C=O) groups excluding carboxylic acids is 2. The van der Waals surface area contributed by atoms with Gasteiger partial charge in [-0.1, -0.05) is 0 Å². The first-order valence-corrected chi connectivity index (χ1v) is 7.43. The highest BCUT2D eigenvalue weighted by molar-refractivity contribution is 5.96. The third-order valence-corrected chi connectivity index (χ3v) is 4.47. The summed E-state index contributed by atoms with van der Waals surface area (Å²) in [5.41, 5.74) is 0.478. The molecule has 124 valence electrons. The van der Waals surface area contributed by atoms with E-state index in [0.717, 1.165) is 0 Å². The summed E-state index contributed by atoms with van der Waals surface area (Å²) in [5, 5.41) is 14.1. The number of nitrogens with one attached hydrogen (secondary N) is 1. The Labute approximate surface area is 133 Å². The molecule has 1 aromatic carbocycles. The van der Waals surface area contributed by atoms with E-state index in [1.165, 1.54) is 14.2 Å². The van der Waals surface area contributed by atoms with Gasteiger partial charge < -0.3 is 29.4 Å². The van der Waals surface area contributed by atoms with Gasteiger partial charge in [-0.05, 0) is 12.8 Å². The predicted octanol–water partition coefficient (Wildman–Crippen LogP) is 0.186. The molecule has 0 radical (unpaired) electrons. The Kier molecular flexibility index (Phi) is 4.12. The lowest BCUT2D eigenvalue weighted by Crippen LogP contribution is -2.46. The van der Waals surface area contributed by atoms with Crippen molar-refractivity contribution < 1.29 is 28.9 Å². The summed E-state index contributed by atoms with van der Waals surface area (Å²) in [6, 6.07) is 4.96. The SMILES string of the molecule is COc1cc(NC(=O)[C@H]2[C@@H](C(=O)[O-])[C@@H]3CC[C@H]2O3)cc(OC)c1. The Balaban J connectivity index is 1.80. The molecular formula is C16H18NO6-. The molecule has 7 heteroatoms. The van der Waals surface area contributed by atoms with E-state index in [0.29, 0.717) is 30.0 Å². The molecule has 1 aromatic rings. The molecule has 0 unspecified atom stereocenters. The average molecular weight is 320 g/mol. The summed E-state index contributed by atoms with van der Waals surface area (Å²) in [7, 11) is 3.02. The van der Waals surface area contributed by atoms with Crippen molar-refractivity contribution in [2.75, 3.05) is 19.5 Å². The van der Waals surface area contributed by atoms with Gasteiger partial charge in [0.05, 0.1) is 32.3 Å². The van der Waals surface area contributed by atoms with Crippen LogP contribution >= 0.6 is 0 Å². The number of fused-ring (bicyclic) bond motifs is 2. The van der Waals surface area contributed by atoms with E-state index in [9.17, 15) is 14.7 Å².